The van der Waals surface area contributed by atoms with Crippen LogP contribution in [0.25, 0.3) is 0 Å². The van der Waals surface area contributed by atoms with Crippen LogP contribution in [0.3, 0.4) is 0 Å². The van der Waals surface area contributed by atoms with Crippen molar-refractivity contribution in [1.82, 2.24) is 0 Å². The lowest BCUT2D eigenvalue weighted by molar-refractivity contribution is -0.107. The number of benzene rings is 1. The zero-order chi connectivity index (χ0) is 9.52. The Morgan fingerprint density at radius 2 is 2.00 bits per heavy atom. The molecule has 0 aliphatic carbocycles. The molecule has 68 valence electrons. The largest absolute Gasteiger partial charge is 0.313 e. The number of hydrogen-bond donors (Lipinski definition) is 0. The molecule has 0 bridgehead atoms. The van der Waals surface area contributed by atoms with Gasteiger partial charge in [-0.25, -0.2) is 0 Å². The minimum absolute atomic E-state index is 0.119. The molecule has 0 N–H and O–H groups in total. The second-order valence-corrected chi connectivity index (χ2v) is 2.49. The number of anilines is 1. The van der Waals surface area contributed by atoms with Crippen LogP contribution in [0.1, 0.15) is 0 Å². The second-order valence-electron chi connectivity index (χ2n) is 2.49. The highest BCUT2D eigenvalue weighted by Crippen LogP contribution is 2.10. The minimum Gasteiger partial charge on any atom is -0.313 e. The lowest BCUT2D eigenvalue weighted by Crippen LogP contribution is -2.23. The molecule has 0 unspecified atom stereocenters. The topological polar surface area (TPSA) is 49.7 Å². The first-order valence-corrected chi connectivity index (χ1v) is 3.94. The van der Waals surface area contributed by atoms with E-state index in [1.165, 1.54) is 4.90 Å². The van der Waals surface area contributed by atoms with Gasteiger partial charge in [0.2, 0.25) is 6.41 Å². The van der Waals surface area contributed by atoms with Crippen molar-refractivity contribution in [3.63, 3.8) is 0 Å². The molecule has 4 nitrogen and oxygen atoms in total. The van der Waals surface area contributed by atoms with Crippen LogP contribution in [0.2, 0.25) is 0 Å². The Morgan fingerprint density at radius 3 is 2.54 bits per heavy atom. The number of hydrogen-bond acceptors (Lipinski definition) is 3. The van der Waals surface area contributed by atoms with Gasteiger partial charge in [0.05, 0.1) is 6.54 Å². The van der Waals surface area contributed by atoms with E-state index in [4.69, 9.17) is 0 Å². The van der Waals surface area contributed by atoms with Crippen molar-refractivity contribution in [2.24, 2.45) is 5.18 Å². The Morgan fingerprint density at radius 1 is 1.31 bits per heavy atom. The van der Waals surface area contributed by atoms with Crippen molar-refractivity contribution in [1.29, 1.82) is 0 Å². The molecule has 0 saturated carbocycles. The quantitative estimate of drug-likeness (QED) is 0.505. The summed E-state index contributed by atoms with van der Waals surface area (Å²) < 4.78 is 0. The molecule has 1 rings (SSSR count). The molecule has 4 heteroatoms. The van der Waals surface area contributed by atoms with E-state index >= 15 is 0 Å². The van der Waals surface area contributed by atoms with Crippen LogP contribution in [-0.2, 0) is 4.79 Å². The molecule has 0 aliphatic heterocycles. The van der Waals surface area contributed by atoms with E-state index in [1.807, 2.05) is 18.2 Å². The van der Waals surface area contributed by atoms with E-state index < -0.39 is 0 Å². The monoisotopic (exact) mass is 178 g/mol. The van der Waals surface area contributed by atoms with Gasteiger partial charge in [0.1, 0.15) is 0 Å². The molecule has 1 amide bonds. The van der Waals surface area contributed by atoms with Crippen LogP contribution in [0.4, 0.5) is 5.69 Å². The molecule has 0 atom stereocenters. The van der Waals surface area contributed by atoms with E-state index in [0.717, 1.165) is 5.69 Å². The highest BCUT2D eigenvalue weighted by molar-refractivity contribution is 5.74. The van der Waals surface area contributed by atoms with Gasteiger partial charge in [-0.05, 0) is 12.1 Å². The summed E-state index contributed by atoms with van der Waals surface area (Å²) >= 11 is 0. The van der Waals surface area contributed by atoms with Crippen molar-refractivity contribution in [3.05, 3.63) is 35.2 Å². The molecular weight excluding hydrogens is 168 g/mol. The predicted molar refractivity (Wildman–Crippen MR) is 50.5 cm³/mol. The van der Waals surface area contributed by atoms with Gasteiger partial charge in [0.25, 0.3) is 0 Å². The van der Waals surface area contributed by atoms with Crippen LogP contribution in [-0.4, -0.2) is 19.5 Å². The van der Waals surface area contributed by atoms with E-state index in [0.29, 0.717) is 13.0 Å². The highest BCUT2D eigenvalue weighted by Gasteiger charge is 2.02. The number of nitrogens with zero attached hydrogens (tertiary/aromatic N) is 2. The van der Waals surface area contributed by atoms with E-state index in [9.17, 15) is 9.70 Å². The normalized spacial score (nSPS) is 9.23. The van der Waals surface area contributed by atoms with Gasteiger partial charge >= 0.3 is 0 Å². The lowest BCUT2D eigenvalue weighted by atomic mass is 10.3. The molecule has 0 aliphatic rings. The molecule has 0 aromatic heterocycles. The lowest BCUT2D eigenvalue weighted by Gasteiger charge is -2.14. The van der Waals surface area contributed by atoms with Crippen molar-refractivity contribution < 1.29 is 4.79 Å². The molecule has 0 fully saturated rings. The smallest absolute Gasteiger partial charge is 0.214 e. The molecular formula is C9H10N2O2. The summed E-state index contributed by atoms with van der Waals surface area (Å²) in [7, 11) is 0. The van der Waals surface area contributed by atoms with Gasteiger partial charge in [0, 0.05) is 12.2 Å². The Kier molecular flexibility index (Phi) is 3.63. The van der Waals surface area contributed by atoms with Gasteiger partial charge < -0.3 is 4.90 Å². The summed E-state index contributed by atoms with van der Waals surface area (Å²) in [5, 5.41) is 2.70. The highest BCUT2D eigenvalue weighted by atomic mass is 16.3. The fourth-order valence-corrected chi connectivity index (χ4v) is 1.01. The summed E-state index contributed by atoms with van der Waals surface area (Å²) in [5.41, 5.74) is 0.779. The standard InChI is InChI=1S/C9H10N2O2/c12-8-11(7-6-10-13)9-4-2-1-3-5-9/h1-5,8H,6-7H2. The van der Waals surface area contributed by atoms with Crippen molar-refractivity contribution in [3.8, 4) is 0 Å². The summed E-state index contributed by atoms with van der Waals surface area (Å²) in [6, 6.07) is 9.14. The number of carbonyl (C=O) groups is 1. The molecule has 1 aromatic carbocycles. The minimum atomic E-state index is 0.119. The third-order valence-corrected chi connectivity index (χ3v) is 1.65. The first-order valence-electron chi connectivity index (χ1n) is 3.94. The Balaban J connectivity index is 2.66. The zero-order valence-electron chi connectivity index (χ0n) is 7.09. The number of rotatable bonds is 5. The fourth-order valence-electron chi connectivity index (χ4n) is 1.01. The first-order chi connectivity index (χ1) is 6.38. The maximum Gasteiger partial charge on any atom is 0.214 e. The van der Waals surface area contributed by atoms with Gasteiger partial charge in [-0.1, -0.05) is 23.4 Å². The van der Waals surface area contributed by atoms with Crippen molar-refractivity contribution >= 4 is 12.1 Å². The summed E-state index contributed by atoms with van der Waals surface area (Å²) in [6.45, 7) is 0.449. The molecule has 0 radical (unpaired) electrons. The number of carbonyl (C=O) groups excluding carboxylic acids is 1. The van der Waals surface area contributed by atoms with Crippen LogP contribution in [0, 0.1) is 4.91 Å². The van der Waals surface area contributed by atoms with Gasteiger partial charge in [-0.3, -0.25) is 4.79 Å². The Labute approximate surface area is 76.1 Å². The van der Waals surface area contributed by atoms with Crippen LogP contribution in [0.15, 0.2) is 35.5 Å². The Hall–Kier alpha value is -1.71. The number of para-hydroxylation sites is 1. The third kappa shape index (κ3) is 2.66. The average molecular weight is 178 g/mol. The average Bonchev–Trinajstić information content (AvgIpc) is 2.21. The SMILES string of the molecule is O=CN(CCN=O)c1ccccc1. The maximum absolute atomic E-state index is 10.6. The van der Waals surface area contributed by atoms with E-state index in [-0.39, 0.29) is 6.54 Å². The second kappa shape index (κ2) is 5.03. The molecule has 13 heavy (non-hydrogen) atoms. The predicted octanol–water partition coefficient (Wildman–Crippen LogP) is 1.42. The zero-order valence-corrected chi connectivity index (χ0v) is 7.09. The van der Waals surface area contributed by atoms with Crippen LogP contribution in [0.5, 0.6) is 0 Å². The first kappa shape index (κ1) is 9.38. The molecule has 0 spiro atoms. The summed E-state index contributed by atoms with van der Waals surface area (Å²) in [5.74, 6) is 0. The summed E-state index contributed by atoms with van der Waals surface area (Å²) in [4.78, 5) is 21.9. The number of amides is 1. The van der Waals surface area contributed by atoms with Crippen LogP contribution >= 0.6 is 0 Å². The third-order valence-electron chi connectivity index (χ3n) is 1.65. The molecule has 0 heterocycles. The summed E-state index contributed by atoms with van der Waals surface area (Å²) in [6.07, 6.45) is 0.695. The molecule has 0 saturated heterocycles. The van der Waals surface area contributed by atoms with Gasteiger partial charge in [-0.2, -0.15) is 4.91 Å². The van der Waals surface area contributed by atoms with Gasteiger partial charge in [-0.15, -0.1) is 0 Å². The Bertz CT molecular complexity index is 274. The van der Waals surface area contributed by atoms with E-state index in [2.05, 4.69) is 5.18 Å². The maximum atomic E-state index is 10.6. The molecule has 1 aromatic rings. The van der Waals surface area contributed by atoms with Crippen molar-refractivity contribution in [2.75, 3.05) is 18.0 Å². The fraction of sp³-hybridized carbons (Fsp3) is 0.222. The van der Waals surface area contributed by atoms with Crippen molar-refractivity contribution in [2.45, 2.75) is 0 Å². The number of nitroso groups, excluding NO2 is 1. The van der Waals surface area contributed by atoms with E-state index in [1.54, 1.807) is 12.1 Å². The van der Waals surface area contributed by atoms with Crippen LogP contribution < -0.4 is 4.90 Å². The van der Waals surface area contributed by atoms with Gasteiger partial charge in [0.15, 0.2) is 0 Å².